The fraction of sp³-hybridized carbons (Fsp3) is 0.0667. The molecule has 0 saturated heterocycles. The molecule has 0 bridgehead atoms. The van der Waals surface area contributed by atoms with Gasteiger partial charge in [0, 0.05) is 15.2 Å². The number of halogens is 3. The molecule has 0 aliphatic carbocycles. The van der Waals surface area contributed by atoms with Crippen LogP contribution in [0.1, 0.15) is 10.4 Å². The molecule has 22 heavy (non-hydrogen) atoms. The van der Waals surface area contributed by atoms with Crippen LogP contribution in [0.2, 0.25) is 10.0 Å². The van der Waals surface area contributed by atoms with Crippen LogP contribution in [-0.2, 0) is 9.53 Å². The van der Waals surface area contributed by atoms with Crippen molar-refractivity contribution in [3.63, 3.8) is 0 Å². The molecule has 2 aromatic rings. The van der Waals surface area contributed by atoms with Crippen molar-refractivity contribution in [3.8, 4) is 0 Å². The van der Waals surface area contributed by atoms with Gasteiger partial charge in [0.25, 0.3) is 5.91 Å². The van der Waals surface area contributed by atoms with Gasteiger partial charge in [0.2, 0.25) is 0 Å². The summed E-state index contributed by atoms with van der Waals surface area (Å²) >= 11 is 14.9. The third-order valence-corrected chi connectivity index (χ3v) is 3.69. The Hall–Kier alpha value is -1.56. The van der Waals surface area contributed by atoms with Gasteiger partial charge in [-0.05, 0) is 42.5 Å². The van der Waals surface area contributed by atoms with Crippen molar-refractivity contribution >= 4 is 56.7 Å². The molecule has 0 saturated carbocycles. The fourth-order valence-electron chi connectivity index (χ4n) is 1.59. The van der Waals surface area contributed by atoms with Gasteiger partial charge in [-0.1, -0.05) is 39.1 Å². The number of ether oxygens (including phenoxy) is 1. The van der Waals surface area contributed by atoms with Crippen LogP contribution in [0.4, 0.5) is 5.69 Å². The molecule has 0 radical (unpaired) electrons. The van der Waals surface area contributed by atoms with Gasteiger partial charge in [-0.2, -0.15) is 0 Å². The lowest BCUT2D eigenvalue weighted by Gasteiger charge is -2.07. The van der Waals surface area contributed by atoms with Crippen LogP contribution >= 0.6 is 39.1 Å². The number of hydrogen-bond acceptors (Lipinski definition) is 3. The number of benzene rings is 2. The maximum absolute atomic E-state index is 11.8. The van der Waals surface area contributed by atoms with Crippen LogP contribution < -0.4 is 5.32 Å². The summed E-state index contributed by atoms with van der Waals surface area (Å²) in [5, 5.41) is 3.19. The Morgan fingerprint density at radius 3 is 2.41 bits per heavy atom. The van der Waals surface area contributed by atoms with E-state index in [1.54, 1.807) is 24.3 Å². The Labute approximate surface area is 145 Å². The third kappa shape index (κ3) is 4.73. The van der Waals surface area contributed by atoms with Crippen LogP contribution in [0.5, 0.6) is 0 Å². The molecule has 7 heteroatoms. The summed E-state index contributed by atoms with van der Waals surface area (Å²) in [5.41, 5.74) is 0.760. The number of amides is 1. The second kappa shape index (κ2) is 7.63. The zero-order valence-electron chi connectivity index (χ0n) is 11.1. The van der Waals surface area contributed by atoms with E-state index in [9.17, 15) is 9.59 Å². The van der Waals surface area contributed by atoms with E-state index in [1.807, 2.05) is 0 Å². The highest BCUT2D eigenvalue weighted by Gasteiger charge is 2.14. The van der Waals surface area contributed by atoms with Gasteiger partial charge < -0.3 is 10.1 Å². The van der Waals surface area contributed by atoms with Crippen LogP contribution in [-0.4, -0.2) is 18.5 Å². The van der Waals surface area contributed by atoms with Crippen LogP contribution in [0.25, 0.3) is 0 Å². The van der Waals surface area contributed by atoms with Gasteiger partial charge in [0.05, 0.1) is 10.6 Å². The molecule has 4 nitrogen and oxygen atoms in total. The molecule has 0 aliphatic rings. The molecule has 0 aliphatic heterocycles. The van der Waals surface area contributed by atoms with Gasteiger partial charge in [-0.25, -0.2) is 4.79 Å². The first-order chi connectivity index (χ1) is 10.5. The van der Waals surface area contributed by atoms with Crippen LogP contribution in [0.15, 0.2) is 46.9 Å². The van der Waals surface area contributed by atoms with Crippen molar-refractivity contribution in [2.45, 2.75) is 0 Å². The highest BCUT2D eigenvalue weighted by atomic mass is 79.9. The Bertz CT molecular complexity index is 704. The Morgan fingerprint density at radius 1 is 1.09 bits per heavy atom. The number of carbonyl (C=O) groups excluding carboxylic acids is 2. The van der Waals surface area contributed by atoms with E-state index in [1.165, 1.54) is 18.2 Å². The maximum Gasteiger partial charge on any atom is 0.340 e. The SMILES string of the molecule is O=C(COC(=O)c1ccc(Cl)cc1Cl)Nc1ccc(Br)cc1. The first-order valence-corrected chi connectivity index (χ1v) is 7.68. The van der Waals surface area contributed by atoms with E-state index in [0.717, 1.165) is 4.47 Å². The molecular formula is C15H10BrCl2NO3. The monoisotopic (exact) mass is 401 g/mol. The lowest BCUT2D eigenvalue weighted by molar-refractivity contribution is -0.119. The average molecular weight is 403 g/mol. The standard InChI is InChI=1S/C15H10BrCl2NO3/c16-9-1-4-11(5-2-9)19-14(20)8-22-15(21)12-6-3-10(17)7-13(12)18/h1-7H,8H2,(H,19,20). The average Bonchev–Trinajstić information content (AvgIpc) is 2.47. The van der Waals surface area contributed by atoms with Gasteiger partial charge in [0.1, 0.15) is 0 Å². The number of nitrogens with one attached hydrogen (secondary N) is 1. The zero-order chi connectivity index (χ0) is 16.1. The van der Waals surface area contributed by atoms with Crippen molar-refractivity contribution in [1.82, 2.24) is 0 Å². The Kier molecular flexibility index (Phi) is 5.83. The molecule has 0 heterocycles. The zero-order valence-corrected chi connectivity index (χ0v) is 14.2. The molecule has 0 spiro atoms. The van der Waals surface area contributed by atoms with E-state index >= 15 is 0 Å². The second-order valence-electron chi connectivity index (χ2n) is 4.26. The minimum absolute atomic E-state index is 0.155. The molecule has 0 fully saturated rings. The van der Waals surface area contributed by atoms with Crippen molar-refractivity contribution in [2.24, 2.45) is 0 Å². The topological polar surface area (TPSA) is 55.4 Å². The minimum atomic E-state index is -0.687. The first kappa shape index (κ1) is 16.8. The van der Waals surface area contributed by atoms with E-state index in [4.69, 9.17) is 27.9 Å². The quantitative estimate of drug-likeness (QED) is 0.763. The predicted molar refractivity (Wildman–Crippen MR) is 89.5 cm³/mol. The van der Waals surface area contributed by atoms with Crippen LogP contribution in [0, 0.1) is 0 Å². The number of anilines is 1. The summed E-state index contributed by atoms with van der Waals surface area (Å²) < 4.78 is 5.82. The highest BCUT2D eigenvalue weighted by molar-refractivity contribution is 9.10. The molecule has 1 amide bonds. The van der Waals surface area contributed by atoms with Crippen molar-refractivity contribution in [3.05, 3.63) is 62.5 Å². The Balaban J connectivity index is 1.90. The molecular weight excluding hydrogens is 393 g/mol. The van der Waals surface area contributed by atoms with E-state index in [-0.39, 0.29) is 10.6 Å². The summed E-state index contributed by atoms with van der Waals surface area (Å²) in [5.74, 6) is -1.13. The van der Waals surface area contributed by atoms with Crippen molar-refractivity contribution in [1.29, 1.82) is 0 Å². The summed E-state index contributed by atoms with van der Waals surface area (Å²) in [7, 11) is 0. The van der Waals surface area contributed by atoms with Gasteiger partial charge in [-0.15, -0.1) is 0 Å². The fourth-order valence-corrected chi connectivity index (χ4v) is 2.34. The third-order valence-electron chi connectivity index (χ3n) is 2.61. The molecule has 2 aromatic carbocycles. The van der Waals surface area contributed by atoms with E-state index in [2.05, 4.69) is 21.2 Å². The predicted octanol–water partition coefficient (Wildman–Crippen LogP) is 4.55. The van der Waals surface area contributed by atoms with Gasteiger partial charge in [0.15, 0.2) is 6.61 Å². The smallest absolute Gasteiger partial charge is 0.340 e. The largest absolute Gasteiger partial charge is 0.452 e. The molecule has 114 valence electrons. The maximum atomic E-state index is 11.8. The molecule has 1 N–H and O–H groups in total. The Morgan fingerprint density at radius 2 is 1.77 bits per heavy atom. The number of hydrogen-bond donors (Lipinski definition) is 1. The lowest BCUT2D eigenvalue weighted by Crippen LogP contribution is -2.21. The summed E-state index contributed by atoms with van der Waals surface area (Å²) in [4.78, 5) is 23.6. The normalized spacial score (nSPS) is 10.1. The minimum Gasteiger partial charge on any atom is -0.452 e. The molecule has 2 rings (SSSR count). The number of carbonyl (C=O) groups is 2. The molecule has 0 atom stereocenters. The number of rotatable bonds is 4. The van der Waals surface area contributed by atoms with E-state index in [0.29, 0.717) is 10.7 Å². The first-order valence-electron chi connectivity index (χ1n) is 6.13. The van der Waals surface area contributed by atoms with Gasteiger partial charge in [-0.3, -0.25) is 4.79 Å². The highest BCUT2D eigenvalue weighted by Crippen LogP contribution is 2.21. The summed E-state index contributed by atoms with van der Waals surface area (Å²) in [6.07, 6.45) is 0. The van der Waals surface area contributed by atoms with Gasteiger partial charge >= 0.3 is 5.97 Å². The van der Waals surface area contributed by atoms with Crippen LogP contribution in [0.3, 0.4) is 0 Å². The molecule has 0 unspecified atom stereocenters. The lowest BCUT2D eigenvalue weighted by atomic mass is 10.2. The number of esters is 1. The molecule has 0 aromatic heterocycles. The second-order valence-corrected chi connectivity index (χ2v) is 6.01. The van der Waals surface area contributed by atoms with Crippen molar-refractivity contribution < 1.29 is 14.3 Å². The van der Waals surface area contributed by atoms with E-state index < -0.39 is 18.5 Å². The van der Waals surface area contributed by atoms with Crippen molar-refractivity contribution in [2.75, 3.05) is 11.9 Å². The summed E-state index contributed by atoms with van der Waals surface area (Å²) in [6, 6.07) is 11.4. The summed E-state index contributed by atoms with van der Waals surface area (Å²) in [6.45, 7) is -0.409.